The molecule has 3 rings (SSSR count). The minimum absolute atomic E-state index is 0.0817. The zero-order chi connectivity index (χ0) is 27.5. The van der Waals surface area contributed by atoms with E-state index in [1.54, 1.807) is 13.0 Å². The van der Waals surface area contributed by atoms with E-state index in [0.29, 0.717) is 29.7 Å². The lowest BCUT2D eigenvalue weighted by molar-refractivity contribution is -0.143. The summed E-state index contributed by atoms with van der Waals surface area (Å²) in [6, 6.07) is -0.0817. The lowest BCUT2D eigenvalue weighted by Crippen LogP contribution is -2.61. The van der Waals surface area contributed by atoms with Crippen LogP contribution in [0.15, 0.2) is 28.3 Å². The standard InChI is InChI=1S/C31H51N3O3/c1-21(2)9-12-26(23(4)10-11-24(5)29(36)37)34-28(35)19-27(33-18-15-22(3)20-33)32-31(34)16-13-25(14-17-31)30(6,7)8/h10-11,21-22,25-26H,9,12-20H2,1-8H3,(H,36,37)/b23-10+,24-11+/t22?,25?,26-,31?/m1/s1. The number of rotatable bonds is 7. The zero-order valence-electron chi connectivity index (χ0n) is 24.6. The first-order valence-corrected chi connectivity index (χ1v) is 14.5. The van der Waals surface area contributed by atoms with Gasteiger partial charge in [-0.25, -0.2) is 9.79 Å². The monoisotopic (exact) mass is 513 g/mol. The first-order valence-electron chi connectivity index (χ1n) is 14.5. The molecule has 2 fully saturated rings. The number of allylic oxidation sites excluding steroid dienone is 2. The molecule has 1 unspecified atom stereocenters. The summed E-state index contributed by atoms with van der Waals surface area (Å²) in [7, 11) is 0. The van der Waals surface area contributed by atoms with Gasteiger partial charge in [-0.2, -0.15) is 0 Å². The van der Waals surface area contributed by atoms with Gasteiger partial charge < -0.3 is 14.9 Å². The van der Waals surface area contributed by atoms with Crippen molar-refractivity contribution < 1.29 is 14.7 Å². The van der Waals surface area contributed by atoms with E-state index in [-0.39, 0.29) is 17.4 Å². The van der Waals surface area contributed by atoms with Crippen LogP contribution in [-0.2, 0) is 9.59 Å². The number of likely N-dealkylation sites (tertiary alicyclic amines) is 1. The number of carboxylic acids is 1. The number of amidine groups is 1. The van der Waals surface area contributed by atoms with Crippen LogP contribution in [0.25, 0.3) is 0 Å². The Labute approximate surface area is 225 Å². The fourth-order valence-corrected chi connectivity index (χ4v) is 6.39. The summed E-state index contributed by atoms with van der Waals surface area (Å²) in [5, 5.41) is 9.36. The smallest absolute Gasteiger partial charge is 0.331 e. The van der Waals surface area contributed by atoms with Gasteiger partial charge in [-0.15, -0.1) is 0 Å². The summed E-state index contributed by atoms with van der Waals surface area (Å²) in [6.07, 6.45) is 10.9. The molecule has 6 nitrogen and oxygen atoms in total. The molecule has 1 N–H and O–H groups in total. The second kappa shape index (κ2) is 11.7. The molecule has 0 aromatic carbocycles. The molecule has 1 spiro atoms. The third-order valence-corrected chi connectivity index (χ3v) is 8.95. The summed E-state index contributed by atoms with van der Waals surface area (Å²) < 4.78 is 0. The molecule has 0 radical (unpaired) electrons. The van der Waals surface area contributed by atoms with Crippen molar-refractivity contribution in [3.05, 3.63) is 23.3 Å². The third kappa shape index (κ3) is 7.06. The molecule has 0 aromatic heterocycles. The van der Waals surface area contributed by atoms with Crippen molar-refractivity contribution >= 4 is 17.7 Å². The van der Waals surface area contributed by atoms with Gasteiger partial charge in [0.1, 0.15) is 11.5 Å². The van der Waals surface area contributed by atoms with Gasteiger partial charge in [-0.05, 0) is 82.0 Å². The number of aliphatic carboxylic acids is 1. The average molecular weight is 514 g/mol. The molecule has 37 heavy (non-hydrogen) atoms. The zero-order valence-corrected chi connectivity index (χ0v) is 24.6. The van der Waals surface area contributed by atoms with E-state index in [4.69, 9.17) is 4.99 Å². The van der Waals surface area contributed by atoms with Crippen molar-refractivity contribution in [2.45, 2.75) is 118 Å². The third-order valence-electron chi connectivity index (χ3n) is 8.95. The molecule has 3 aliphatic rings. The first-order chi connectivity index (χ1) is 17.2. The fourth-order valence-electron chi connectivity index (χ4n) is 6.39. The number of carbonyl (C=O) groups excluding carboxylic acids is 1. The SMILES string of the molecule is C/C(=C\C=C(/C)[C@@H](CCC(C)C)N1C(=O)CC(N2CCC(C)C2)=NC12CCC(C(C)(C)C)CC2)C(=O)O. The molecule has 1 saturated heterocycles. The van der Waals surface area contributed by atoms with Gasteiger partial charge in [0.05, 0.1) is 12.5 Å². The molecular formula is C31H51N3O3. The Kier molecular flexibility index (Phi) is 9.34. The van der Waals surface area contributed by atoms with Crippen LogP contribution in [0, 0.1) is 23.2 Å². The maximum Gasteiger partial charge on any atom is 0.331 e. The van der Waals surface area contributed by atoms with E-state index in [1.165, 1.54) is 0 Å². The number of amides is 1. The van der Waals surface area contributed by atoms with Gasteiger partial charge in [-0.3, -0.25) is 4.79 Å². The molecule has 1 amide bonds. The van der Waals surface area contributed by atoms with Gasteiger partial charge in [0.2, 0.25) is 5.91 Å². The molecule has 6 heteroatoms. The Morgan fingerprint density at radius 2 is 1.78 bits per heavy atom. The molecule has 1 saturated carbocycles. The number of hydrogen-bond donors (Lipinski definition) is 1. The van der Waals surface area contributed by atoms with Crippen molar-refractivity contribution in [1.82, 2.24) is 9.80 Å². The van der Waals surface area contributed by atoms with Crippen LogP contribution >= 0.6 is 0 Å². The Morgan fingerprint density at radius 1 is 1.14 bits per heavy atom. The molecule has 2 atom stereocenters. The Hall–Kier alpha value is -2.11. The highest BCUT2D eigenvalue weighted by atomic mass is 16.4. The summed E-state index contributed by atoms with van der Waals surface area (Å²) in [5.74, 6) is 2.03. The fraction of sp³-hybridized carbons (Fsp3) is 0.774. The van der Waals surface area contributed by atoms with Gasteiger partial charge in [0.25, 0.3) is 0 Å². The summed E-state index contributed by atoms with van der Waals surface area (Å²) in [5.41, 5.74) is 1.07. The van der Waals surface area contributed by atoms with Gasteiger partial charge in [0, 0.05) is 18.7 Å². The summed E-state index contributed by atoms with van der Waals surface area (Å²) in [4.78, 5) is 35.5. The molecule has 0 bridgehead atoms. The average Bonchev–Trinajstić information content (AvgIpc) is 3.24. The minimum atomic E-state index is -0.914. The summed E-state index contributed by atoms with van der Waals surface area (Å²) in [6.45, 7) is 19.4. The van der Waals surface area contributed by atoms with Crippen molar-refractivity contribution in [2.24, 2.45) is 28.2 Å². The first kappa shape index (κ1) is 29.4. The Balaban J connectivity index is 2.04. The van der Waals surface area contributed by atoms with Crippen LogP contribution in [0.1, 0.15) is 107 Å². The maximum atomic E-state index is 14.1. The van der Waals surface area contributed by atoms with E-state index in [2.05, 4.69) is 58.3 Å². The normalized spacial score (nSPS) is 28.8. The molecule has 2 heterocycles. The number of hydrogen-bond acceptors (Lipinski definition) is 4. The highest BCUT2D eigenvalue weighted by molar-refractivity contribution is 6.02. The van der Waals surface area contributed by atoms with E-state index >= 15 is 0 Å². The lowest BCUT2D eigenvalue weighted by Gasteiger charge is -2.53. The van der Waals surface area contributed by atoms with Crippen LogP contribution < -0.4 is 0 Å². The largest absolute Gasteiger partial charge is 0.478 e. The highest BCUT2D eigenvalue weighted by Crippen LogP contribution is 2.47. The van der Waals surface area contributed by atoms with Crippen molar-refractivity contribution in [2.75, 3.05) is 13.1 Å². The molecule has 208 valence electrons. The Bertz CT molecular complexity index is 932. The van der Waals surface area contributed by atoms with Crippen LogP contribution in [0.3, 0.4) is 0 Å². The number of nitrogens with zero attached hydrogens (tertiary/aromatic N) is 3. The Morgan fingerprint density at radius 3 is 2.30 bits per heavy atom. The summed E-state index contributed by atoms with van der Waals surface area (Å²) >= 11 is 0. The molecule has 1 aliphatic carbocycles. The van der Waals surface area contributed by atoms with Gasteiger partial charge in [0.15, 0.2) is 0 Å². The van der Waals surface area contributed by atoms with Crippen LogP contribution in [0.4, 0.5) is 0 Å². The van der Waals surface area contributed by atoms with Crippen LogP contribution in [-0.4, -0.2) is 57.4 Å². The van der Waals surface area contributed by atoms with Crippen molar-refractivity contribution in [1.29, 1.82) is 0 Å². The molecular weight excluding hydrogens is 462 g/mol. The topological polar surface area (TPSA) is 73.2 Å². The number of carbonyl (C=O) groups is 2. The van der Waals surface area contributed by atoms with E-state index < -0.39 is 11.6 Å². The van der Waals surface area contributed by atoms with Crippen LogP contribution in [0.5, 0.6) is 0 Å². The van der Waals surface area contributed by atoms with Gasteiger partial charge >= 0.3 is 5.97 Å². The maximum absolute atomic E-state index is 14.1. The molecule has 0 aromatic rings. The predicted molar refractivity (Wildman–Crippen MR) is 151 cm³/mol. The van der Waals surface area contributed by atoms with Crippen LogP contribution in [0.2, 0.25) is 0 Å². The van der Waals surface area contributed by atoms with E-state index in [9.17, 15) is 14.7 Å². The highest BCUT2D eigenvalue weighted by Gasteiger charge is 2.50. The predicted octanol–water partition coefficient (Wildman–Crippen LogP) is 6.67. The van der Waals surface area contributed by atoms with Crippen molar-refractivity contribution in [3.8, 4) is 0 Å². The lowest BCUT2D eigenvalue weighted by atomic mass is 9.68. The van der Waals surface area contributed by atoms with E-state index in [0.717, 1.165) is 69.4 Å². The second-order valence-corrected chi connectivity index (χ2v) is 13.5. The number of aliphatic imine (C=N–C) groups is 1. The molecule has 2 aliphatic heterocycles. The van der Waals surface area contributed by atoms with E-state index in [1.807, 2.05) is 6.08 Å². The van der Waals surface area contributed by atoms with Crippen molar-refractivity contribution in [3.63, 3.8) is 0 Å². The minimum Gasteiger partial charge on any atom is -0.478 e. The number of carboxylic acid groups (broad SMARTS) is 1. The van der Waals surface area contributed by atoms with Gasteiger partial charge in [-0.1, -0.05) is 59.3 Å². The second-order valence-electron chi connectivity index (χ2n) is 13.5. The quantitative estimate of drug-likeness (QED) is 0.305.